The van der Waals surface area contributed by atoms with Gasteiger partial charge in [0.05, 0.1) is 5.56 Å². The number of hydrogen-bond donors (Lipinski definition) is 2. The number of nitrogens with one attached hydrogen (secondary N) is 1. The number of nitrogens with two attached hydrogens (primary N) is 1. The Hall–Kier alpha value is -0.750. The summed E-state index contributed by atoms with van der Waals surface area (Å²) in [6.07, 6.45) is -2.92. The number of benzene rings is 1. The van der Waals surface area contributed by atoms with Gasteiger partial charge in [-0.25, -0.2) is 0 Å². The van der Waals surface area contributed by atoms with Crippen molar-refractivity contribution in [1.82, 2.24) is 0 Å². The molecule has 0 aromatic heterocycles. The minimum Gasteiger partial charge on any atom is -0.382 e. The molecule has 0 aliphatic heterocycles. The van der Waals surface area contributed by atoms with Gasteiger partial charge in [0.15, 0.2) is 0 Å². The van der Waals surface area contributed by atoms with Crippen LogP contribution in [0.5, 0.6) is 0 Å². The molecule has 1 aliphatic rings. The van der Waals surface area contributed by atoms with Crippen molar-refractivity contribution < 1.29 is 13.2 Å². The van der Waals surface area contributed by atoms with E-state index in [0.717, 1.165) is 6.07 Å². The van der Waals surface area contributed by atoms with Crippen LogP contribution in [0.3, 0.4) is 0 Å². The highest BCUT2D eigenvalue weighted by Crippen LogP contribution is 2.37. The molecule has 0 spiro atoms. The fourth-order valence-corrected chi connectivity index (χ4v) is 2.24. The maximum absolute atomic E-state index is 12.8. The summed E-state index contributed by atoms with van der Waals surface area (Å²) in [7, 11) is 0. The van der Waals surface area contributed by atoms with E-state index in [4.69, 9.17) is 5.73 Å². The molecule has 1 saturated carbocycles. The SMILES string of the molecule is NC1CC(Nc2ccc(Br)cc2C(F)(F)F)C1. The zero-order valence-electron chi connectivity index (χ0n) is 8.89. The highest BCUT2D eigenvalue weighted by molar-refractivity contribution is 9.10. The molecule has 2 nitrogen and oxygen atoms in total. The molecule has 1 aromatic rings. The molecule has 0 heterocycles. The number of rotatable bonds is 2. The Morgan fingerprint density at radius 3 is 2.47 bits per heavy atom. The van der Waals surface area contributed by atoms with E-state index in [1.807, 2.05) is 0 Å². The van der Waals surface area contributed by atoms with Crippen LogP contribution in [-0.4, -0.2) is 12.1 Å². The summed E-state index contributed by atoms with van der Waals surface area (Å²) in [5.41, 5.74) is 5.08. The second kappa shape index (κ2) is 4.49. The van der Waals surface area contributed by atoms with Gasteiger partial charge in [-0.15, -0.1) is 0 Å². The monoisotopic (exact) mass is 308 g/mol. The predicted octanol–water partition coefficient (Wildman–Crippen LogP) is 3.37. The smallest absolute Gasteiger partial charge is 0.382 e. The van der Waals surface area contributed by atoms with Crippen molar-refractivity contribution in [3.8, 4) is 0 Å². The molecule has 6 heteroatoms. The molecule has 0 amide bonds. The lowest BCUT2D eigenvalue weighted by atomic mass is 9.87. The molecule has 0 bridgehead atoms. The Bertz CT molecular complexity index is 414. The maximum atomic E-state index is 12.8. The highest BCUT2D eigenvalue weighted by atomic mass is 79.9. The van der Waals surface area contributed by atoms with E-state index in [9.17, 15) is 13.2 Å². The molecule has 2 rings (SSSR count). The summed E-state index contributed by atoms with van der Waals surface area (Å²) >= 11 is 3.05. The normalized spacial score (nSPS) is 24.3. The van der Waals surface area contributed by atoms with Crippen molar-refractivity contribution in [3.05, 3.63) is 28.2 Å². The molecule has 1 aliphatic carbocycles. The van der Waals surface area contributed by atoms with Crippen molar-refractivity contribution in [3.63, 3.8) is 0 Å². The van der Waals surface area contributed by atoms with Crippen molar-refractivity contribution in [2.75, 3.05) is 5.32 Å². The number of anilines is 1. The molecule has 0 radical (unpaired) electrons. The summed E-state index contributed by atoms with van der Waals surface area (Å²) in [6, 6.07) is 4.28. The lowest BCUT2D eigenvalue weighted by Gasteiger charge is -2.34. The molecule has 0 unspecified atom stereocenters. The maximum Gasteiger partial charge on any atom is 0.418 e. The van der Waals surface area contributed by atoms with Crippen LogP contribution in [0, 0.1) is 0 Å². The Labute approximate surface area is 106 Å². The summed E-state index contributed by atoms with van der Waals surface area (Å²) in [4.78, 5) is 0. The lowest BCUT2D eigenvalue weighted by molar-refractivity contribution is -0.137. The van der Waals surface area contributed by atoms with Crippen LogP contribution in [0.25, 0.3) is 0 Å². The zero-order chi connectivity index (χ0) is 12.6. The van der Waals surface area contributed by atoms with Crippen LogP contribution in [0.2, 0.25) is 0 Å². The van der Waals surface area contributed by atoms with Gasteiger partial charge in [0, 0.05) is 22.2 Å². The van der Waals surface area contributed by atoms with Gasteiger partial charge in [-0.1, -0.05) is 15.9 Å². The Morgan fingerprint density at radius 2 is 1.94 bits per heavy atom. The molecule has 1 fully saturated rings. The lowest BCUT2D eigenvalue weighted by Crippen LogP contribution is -2.44. The number of alkyl halides is 3. The van der Waals surface area contributed by atoms with Gasteiger partial charge in [-0.2, -0.15) is 13.2 Å². The quantitative estimate of drug-likeness (QED) is 0.879. The van der Waals surface area contributed by atoms with Crippen LogP contribution in [0.1, 0.15) is 18.4 Å². The first-order valence-electron chi connectivity index (χ1n) is 5.25. The van der Waals surface area contributed by atoms with Gasteiger partial charge in [0.25, 0.3) is 0 Å². The first kappa shape index (κ1) is 12.7. The van der Waals surface area contributed by atoms with Crippen LogP contribution >= 0.6 is 15.9 Å². The summed E-state index contributed by atoms with van der Waals surface area (Å²) < 4.78 is 38.8. The standard InChI is InChI=1S/C11H12BrF3N2/c12-6-1-2-10(9(3-6)11(13,14)15)17-8-4-7(16)5-8/h1-3,7-8,17H,4-5,16H2. The van der Waals surface area contributed by atoms with Crippen molar-refractivity contribution in [2.24, 2.45) is 5.73 Å². The third-order valence-electron chi connectivity index (χ3n) is 2.82. The van der Waals surface area contributed by atoms with Crippen LogP contribution in [0.4, 0.5) is 18.9 Å². The molecule has 3 N–H and O–H groups in total. The van der Waals surface area contributed by atoms with E-state index in [1.54, 1.807) is 6.07 Å². The van der Waals surface area contributed by atoms with Gasteiger partial charge in [-0.3, -0.25) is 0 Å². The largest absolute Gasteiger partial charge is 0.418 e. The minimum absolute atomic E-state index is 0.0484. The molecular formula is C11H12BrF3N2. The molecule has 1 aromatic carbocycles. The number of hydrogen-bond acceptors (Lipinski definition) is 2. The Morgan fingerprint density at radius 1 is 1.29 bits per heavy atom. The molecular weight excluding hydrogens is 297 g/mol. The van der Waals surface area contributed by atoms with Crippen molar-refractivity contribution in [1.29, 1.82) is 0 Å². The fraction of sp³-hybridized carbons (Fsp3) is 0.455. The van der Waals surface area contributed by atoms with Gasteiger partial charge < -0.3 is 11.1 Å². The third kappa shape index (κ3) is 2.93. The summed E-state index contributed by atoms with van der Waals surface area (Å²) in [5, 5.41) is 2.89. The highest BCUT2D eigenvalue weighted by Gasteiger charge is 2.35. The van der Waals surface area contributed by atoms with E-state index in [2.05, 4.69) is 21.2 Å². The zero-order valence-corrected chi connectivity index (χ0v) is 10.5. The second-order valence-corrected chi connectivity index (χ2v) is 5.18. The number of halogens is 4. The minimum atomic E-state index is -4.35. The Kier molecular flexibility index (Phi) is 3.36. The first-order chi connectivity index (χ1) is 7.86. The third-order valence-corrected chi connectivity index (χ3v) is 3.31. The van der Waals surface area contributed by atoms with Gasteiger partial charge >= 0.3 is 6.18 Å². The predicted molar refractivity (Wildman–Crippen MR) is 63.8 cm³/mol. The topological polar surface area (TPSA) is 38.0 Å². The fourth-order valence-electron chi connectivity index (χ4n) is 1.88. The van der Waals surface area contributed by atoms with Gasteiger partial charge in [0.2, 0.25) is 0 Å². The molecule has 94 valence electrons. The van der Waals surface area contributed by atoms with E-state index in [1.165, 1.54) is 6.07 Å². The van der Waals surface area contributed by atoms with Crippen LogP contribution in [0.15, 0.2) is 22.7 Å². The van der Waals surface area contributed by atoms with Gasteiger partial charge in [0.1, 0.15) is 0 Å². The van der Waals surface area contributed by atoms with Crippen molar-refractivity contribution >= 4 is 21.6 Å². The molecule has 17 heavy (non-hydrogen) atoms. The first-order valence-corrected chi connectivity index (χ1v) is 6.04. The van der Waals surface area contributed by atoms with Gasteiger partial charge in [-0.05, 0) is 31.0 Å². The summed E-state index contributed by atoms with van der Waals surface area (Å²) in [5.74, 6) is 0. The average molecular weight is 309 g/mol. The van der Waals surface area contributed by atoms with E-state index in [0.29, 0.717) is 17.3 Å². The van der Waals surface area contributed by atoms with Crippen LogP contribution in [-0.2, 0) is 6.18 Å². The van der Waals surface area contributed by atoms with E-state index >= 15 is 0 Å². The average Bonchev–Trinajstić information content (AvgIpc) is 2.16. The van der Waals surface area contributed by atoms with Crippen LogP contribution < -0.4 is 11.1 Å². The Balaban J connectivity index is 2.21. The van der Waals surface area contributed by atoms with E-state index < -0.39 is 11.7 Å². The summed E-state index contributed by atoms with van der Waals surface area (Å²) in [6.45, 7) is 0. The second-order valence-electron chi connectivity index (χ2n) is 4.26. The van der Waals surface area contributed by atoms with E-state index in [-0.39, 0.29) is 17.8 Å². The van der Waals surface area contributed by atoms with Crippen molar-refractivity contribution in [2.45, 2.75) is 31.1 Å². The molecule has 0 atom stereocenters. The molecule has 0 saturated heterocycles.